The summed E-state index contributed by atoms with van der Waals surface area (Å²) in [6, 6.07) is 29.5. The molecule has 4 aromatic heterocycles. The molecule has 8 aromatic rings. The van der Waals surface area contributed by atoms with Gasteiger partial charge in [-0.15, -0.1) is 43.1 Å². The Morgan fingerprint density at radius 2 is 0.961 bits per heavy atom. The predicted octanol–water partition coefficient (Wildman–Crippen LogP) is 8.92. The number of thiophene rings is 2. The maximum atomic E-state index is 13.5. The number of rotatable bonds is 16. The fourth-order valence-electron chi connectivity index (χ4n) is 11.9. The first-order chi connectivity index (χ1) is 48.1. The van der Waals surface area contributed by atoms with Crippen molar-refractivity contribution in [3.8, 4) is 0 Å². The molecule has 12 rings (SSSR count). The van der Waals surface area contributed by atoms with Crippen LogP contribution in [-0.4, -0.2) is 173 Å². The van der Waals surface area contributed by atoms with Gasteiger partial charge < -0.3 is 36.2 Å². The number of hydrogen-bond donors (Lipinski definition) is 8. The standard InChI is InChI=1S/C36H36N6O4S2Si.C25H26N2O4SSi.C10H11N5O3S2/c1-20-39-40-36(47-20)38-33(43)22-10-8-21(9-11-22)19-37-34(44)28-18-27(32(48-28)35(45)46)31-25-14-12-23(41(2)3)16-29(25)49(6,7)30-17-24(42(4)5)13-15-26(30)31;1-26(2)14-7-9-16-20(11-14)33(5,6)21-12-15(27(3)4)8-10-17(21)22(16)18-13-19(24(28)29)32-23(18)25(30)31;11-5-6-1-3-7(4-2-6)8(16)13-9-14-15-10(19-9)20(12,17)18/h8-18H,19H2,1-7H3,(H2-,37,38,40,43,44,45,46);7-13H,1-6H3,(H-,28,29,30,31);1-4H,5,11H2,(H2,12,17,18)(H,13,14,16)/p+2. The zero-order valence-electron chi connectivity index (χ0n) is 58.0. The van der Waals surface area contributed by atoms with E-state index in [4.69, 9.17) is 10.9 Å². The molecule has 0 unspecified atom stereocenters. The number of aromatic nitrogens is 4. The highest BCUT2D eigenvalue weighted by Crippen LogP contribution is 2.46. The monoisotopic (exact) mass is 1500 g/mol. The maximum absolute atomic E-state index is 13.5. The maximum Gasteiger partial charge on any atom is 0.346 e. The molecule has 2 aliphatic carbocycles. The lowest BCUT2D eigenvalue weighted by Crippen LogP contribution is -2.49. The number of nitrogens with zero attached hydrogens (tertiary/aromatic N) is 8. The number of primary sulfonamides is 1. The summed E-state index contributed by atoms with van der Waals surface area (Å²) in [6.07, 6.45) is 12.7. The van der Waals surface area contributed by atoms with Gasteiger partial charge in [-0.2, -0.15) is 0 Å². The van der Waals surface area contributed by atoms with Crippen molar-refractivity contribution in [3.05, 3.63) is 224 Å². The van der Waals surface area contributed by atoms with Crippen LogP contribution in [0.1, 0.15) is 97.8 Å². The van der Waals surface area contributed by atoms with Crippen molar-refractivity contribution in [1.29, 1.82) is 0 Å². The van der Waals surface area contributed by atoms with Gasteiger partial charge >= 0.3 is 17.9 Å². The molecule has 31 heteroatoms. The molecule has 526 valence electrons. The van der Waals surface area contributed by atoms with Crippen LogP contribution in [0.15, 0.2) is 159 Å². The van der Waals surface area contributed by atoms with Gasteiger partial charge in [0.05, 0.1) is 4.88 Å². The highest BCUT2D eigenvalue weighted by molar-refractivity contribution is 7.91. The molecule has 4 aliphatic rings. The van der Waals surface area contributed by atoms with Crippen LogP contribution in [0.4, 0.5) is 21.6 Å². The smallest absolute Gasteiger partial charge is 0.346 e. The van der Waals surface area contributed by atoms with Crippen LogP contribution >= 0.6 is 45.3 Å². The molecule has 2 aliphatic heterocycles. The Morgan fingerprint density at radius 1 is 0.529 bits per heavy atom. The lowest BCUT2D eigenvalue weighted by Gasteiger charge is -2.38. The third-order valence-corrected chi connectivity index (χ3v) is 29.6. The van der Waals surface area contributed by atoms with Crippen LogP contribution in [0, 0.1) is 6.92 Å². The number of sulfonamides is 1. The minimum absolute atomic E-state index is 0.0231. The third kappa shape index (κ3) is 15.7. The summed E-state index contributed by atoms with van der Waals surface area (Å²) in [4.78, 5) is 79.2. The Bertz CT molecular complexity index is 5180. The lowest BCUT2D eigenvalue weighted by atomic mass is 9.89. The normalized spacial score (nSPS) is 14.4. The van der Waals surface area contributed by atoms with Crippen molar-refractivity contribution in [3.63, 3.8) is 0 Å². The van der Waals surface area contributed by atoms with E-state index >= 15 is 0 Å². The van der Waals surface area contributed by atoms with Crippen molar-refractivity contribution < 1.29 is 61.7 Å². The highest BCUT2D eigenvalue weighted by Gasteiger charge is 2.44. The van der Waals surface area contributed by atoms with Crippen molar-refractivity contribution >= 4 is 162 Å². The van der Waals surface area contributed by atoms with Crippen molar-refractivity contribution in [2.45, 2.75) is 50.5 Å². The third-order valence-electron chi connectivity index (χ3n) is 17.4. The lowest BCUT2D eigenvalue weighted by molar-refractivity contribution is -0.462. The molecule has 24 nitrogen and oxygen atoms in total. The van der Waals surface area contributed by atoms with E-state index in [-0.39, 0.29) is 42.5 Å². The number of fused-ring (bicyclic) bond motifs is 4. The van der Waals surface area contributed by atoms with Crippen LogP contribution in [0.25, 0.3) is 11.1 Å². The number of carbonyl (C=O) groups is 6. The molecule has 0 saturated carbocycles. The molecule has 0 bridgehead atoms. The molecular formula is C71H75N13O11S5Si2+2. The van der Waals surface area contributed by atoms with Gasteiger partial charge in [0.15, 0.2) is 11.4 Å². The van der Waals surface area contributed by atoms with Gasteiger partial charge in [0.1, 0.15) is 64.0 Å². The second kappa shape index (κ2) is 29.8. The first-order valence-electron chi connectivity index (χ1n) is 31.5. The molecular weight excluding hydrogens is 1430 g/mol. The zero-order valence-corrected chi connectivity index (χ0v) is 64.1. The summed E-state index contributed by atoms with van der Waals surface area (Å²) in [5.41, 5.74) is 18.9. The number of benzene rings is 4. The highest BCUT2D eigenvalue weighted by atomic mass is 32.2. The number of nitrogens with one attached hydrogen (secondary N) is 3. The van der Waals surface area contributed by atoms with E-state index in [1.54, 1.807) is 54.6 Å². The average molecular weight is 1500 g/mol. The molecule has 10 N–H and O–H groups in total. The number of aryl methyl sites for hydroxylation is 1. The number of carboxylic acids is 3. The summed E-state index contributed by atoms with van der Waals surface area (Å²) in [7, 11) is 7.78. The second-order valence-electron chi connectivity index (χ2n) is 25.9. The van der Waals surface area contributed by atoms with Gasteiger partial charge in [-0.25, -0.2) is 37.1 Å². The zero-order chi connectivity index (χ0) is 74.2. The molecule has 0 spiro atoms. The van der Waals surface area contributed by atoms with Gasteiger partial charge in [0, 0.05) is 99.2 Å². The molecule has 0 radical (unpaired) electrons. The van der Waals surface area contributed by atoms with Crippen molar-refractivity contribution in [2.24, 2.45) is 10.9 Å². The summed E-state index contributed by atoms with van der Waals surface area (Å²) < 4.78 is 25.9. The first-order valence-corrected chi connectivity index (χ1v) is 42.3. The fourth-order valence-corrected chi connectivity index (χ4v) is 21.7. The van der Waals surface area contributed by atoms with Gasteiger partial charge in [-0.05, 0) is 145 Å². The SMILES string of the molecule is CN(C)c1ccc2c(c1)[Si](C)(C)C1=CC(=[N+](C)C)C=CC1=C2c1cc(C(=O)O)sc1C(=O)O.Cc1nnc(NC(=O)c2ccc(CNC(=O)c3cc(C4=C5C=CC(=[N+](C)C)C=C5[Si](C)(C)c5cc(N(C)C)ccc54)c(C(=O)O)s3)cc2)s1.NCc1ccc(C(=O)Nc2nnc(S(N)(=O)=O)s2)cc1. The van der Waals surface area contributed by atoms with Crippen LogP contribution in [0.5, 0.6) is 0 Å². The molecule has 6 heterocycles. The Hall–Kier alpha value is -10.1. The number of nitrogens with two attached hydrogens (primary N) is 2. The Balaban J connectivity index is 0.000000181. The minimum Gasteiger partial charge on any atom is -0.477 e. The summed E-state index contributed by atoms with van der Waals surface area (Å²) in [5, 5.41) is 63.8. The Morgan fingerprint density at radius 3 is 1.35 bits per heavy atom. The van der Waals surface area contributed by atoms with Crippen LogP contribution in [0.2, 0.25) is 26.2 Å². The second-order valence-corrected chi connectivity index (χ2v) is 40.5. The number of anilines is 4. The van der Waals surface area contributed by atoms with Gasteiger partial charge in [-0.1, -0.05) is 85.3 Å². The molecule has 102 heavy (non-hydrogen) atoms. The van der Waals surface area contributed by atoms with E-state index in [1.807, 2.05) is 75.4 Å². The van der Waals surface area contributed by atoms with Crippen molar-refractivity contribution in [1.82, 2.24) is 25.7 Å². The number of aromatic carboxylic acids is 3. The van der Waals surface area contributed by atoms with E-state index in [2.05, 4.69) is 142 Å². The van der Waals surface area contributed by atoms with E-state index in [0.29, 0.717) is 50.1 Å². The first kappa shape index (κ1) is 74.6. The van der Waals surface area contributed by atoms with Crippen LogP contribution in [-0.2, 0) is 23.1 Å². The van der Waals surface area contributed by atoms with Gasteiger partial charge in [-0.3, -0.25) is 25.0 Å². The van der Waals surface area contributed by atoms with Gasteiger partial charge in [0.2, 0.25) is 14.6 Å². The predicted molar refractivity (Wildman–Crippen MR) is 410 cm³/mol. The molecule has 0 atom stereocenters. The van der Waals surface area contributed by atoms with Crippen LogP contribution < -0.4 is 47.0 Å². The molecule has 0 fully saturated rings. The van der Waals surface area contributed by atoms with Crippen molar-refractivity contribution in [2.75, 3.05) is 76.8 Å². The largest absolute Gasteiger partial charge is 0.477 e. The number of allylic oxidation sites excluding steroid dienone is 10. The summed E-state index contributed by atoms with van der Waals surface area (Å²) in [6.45, 7) is 11.7. The Kier molecular flexibility index (Phi) is 21.8. The molecule has 4 aromatic carbocycles. The fraction of sp³-hybridized carbons (Fsp3) is 0.211. The number of hydrogen-bond acceptors (Lipinski definition) is 19. The number of amides is 3. The summed E-state index contributed by atoms with van der Waals surface area (Å²) >= 11 is 3.76. The van der Waals surface area contributed by atoms with E-state index in [9.17, 15) is 52.5 Å². The van der Waals surface area contributed by atoms with Gasteiger partial charge in [0.25, 0.3) is 27.7 Å². The summed E-state index contributed by atoms with van der Waals surface area (Å²) in [5.74, 6) is -4.41. The molecule has 3 amide bonds. The number of carbonyl (C=O) groups excluding carboxylic acids is 3. The number of carboxylic acid groups (broad SMARTS) is 3. The minimum atomic E-state index is -3.91. The van der Waals surface area contributed by atoms with E-state index in [0.717, 1.165) is 95.0 Å². The van der Waals surface area contributed by atoms with E-state index < -0.39 is 50.0 Å². The quantitative estimate of drug-likeness (QED) is 0.0254. The Labute approximate surface area is 607 Å². The van der Waals surface area contributed by atoms with E-state index in [1.165, 1.54) is 38.2 Å². The average Bonchev–Trinajstić information content (AvgIpc) is 0.740. The van der Waals surface area contributed by atoms with Crippen LogP contribution in [0.3, 0.4) is 0 Å². The topological polar surface area (TPSA) is 349 Å². The molecule has 0 saturated heterocycles.